The molecule has 6 nitrogen and oxygen atoms in total. The summed E-state index contributed by atoms with van der Waals surface area (Å²) in [5.41, 5.74) is 0.979. The van der Waals surface area contributed by atoms with Crippen molar-refractivity contribution in [3.63, 3.8) is 0 Å². The lowest BCUT2D eigenvalue weighted by Crippen LogP contribution is -2.27. The number of ether oxygens (including phenoxy) is 3. The van der Waals surface area contributed by atoms with Gasteiger partial charge in [-0.25, -0.2) is 4.79 Å². The molecule has 0 heterocycles. The summed E-state index contributed by atoms with van der Waals surface area (Å²) in [5, 5.41) is 5.86. The third-order valence-corrected chi connectivity index (χ3v) is 2.51. The second-order valence-corrected chi connectivity index (χ2v) is 5.49. The highest BCUT2D eigenvalue weighted by molar-refractivity contribution is 5.85. The van der Waals surface area contributed by atoms with Crippen molar-refractivity contribution < 1.29 is 19.0 Å². The second kappa shape index (κ2) is 7.85. The van der Waals surface area contributed by atoms with Crippen LogP contribution < -0.4 is 10.6 Å². The number of anilines is 2. The molecule has 0 aromatic heterocycles. The Morgan fingerprint density at radius 3 is 2.38 bits per heavy atom. The minimum Gasteiger partial charge on any atom is -0.444 e. The fourth-order valence-electron chi connectivity index (χ4n) is 1.59. The number of hydrogen-bond acceptors (Lipinski definition) is 5. The maximum absolute atomic E-state index is 11.7. The molecule has 0 aliphatic carbocycles. The van der Waals surface area contributed by atoms with Gasteiger partial charge in [-0.15, -0.1) is 0 Å². The lowest BCUT2D eigenvalue weighted by atomic mass is 10.2. The van der Waals surface area contributed by atoms with Crippen LogP contribution in [0.1, 0.15) is 20.8 Å². The van der Waals surface area contributed by atoms with Crippen LogP contribution in [0.5, 0.6) is 0 Å². The van der Waals surface area contributed by atoms with Crippen molar-refractivity contribution in [3.8, 4) is 0 Å². The molecule has 1 rings (SSSR count). The van der Waals surface area contributed by atoms with E-state index in [9.17, 15) is 4.79 Å². The van der Waals surface area contributed by atoms with Crippen molar-refractivity contribution in [2.75, 3.05) is 31.4 Å². The molecular weight excluding hydrogens is 272 g/mol. The molecule has 0 aliphatic rings. The molecule has 21 heavy (non-hydrogen) atoms. The number of carbonyl (C=O) groups excluding carboxylic acids is 1. The van der Waals surface area contributed by atoms with Gasteiger partial charge in [-0.1, -0.05) is 6.07 Å². The largest absolute Gasteiger partial charge is 0.444 e. The number of amides is 1. The number of benzene rings is 1. The van der Waals surface area contributed by atoms with Crippen LogP contribution in [-0.4, -0.2) is 38.7 Å². The summed E-state index contributed by atoms with van der Waals surface area (Å²) >= 11 is 0. The molecule has 6 heteroatoms. The Balaban J connectivity index is 2.58. The van der Waals surface area contributed by atoms with Crippen LogP contribution in [0.15, 0.2) is 24.3 Å². The molecule has 2 N–H and O–H groups in total. The molecule has 0 bridgehead atoms. The van der Waals surface area contributed by atoms with E-state index in [4.69, 9.17) is 14.2 Å². The molecule has 0 radical (unpaired) electrons. The van der Waals surface area contributed by atoms with E-state index in [-0.39, 0.29) is 6.29 Å². The summed E-state index contributed by atoms with van der Waals surface area (Å²) < 4.78 is 15.4. The Kier molecular flexibility index (Phi) is 6.45. The number of hydrogen-bond donors (Lipinski definition) is 2. The number of nitrogens with one attached hydrogen (secondary N) is 2. The van der Waals surface area contributed by atoms with E-state index >= 15 is 0 Å². The van der Waals surface area contributed by atoms with Crippen molar-refractivity contribution in [2.45, 2.75) is 32.7 Å². The number of carbonyl (C=O) groups is 1. The van der Waals surface area contributed by atoms with E-state index in [0.717, 1.165) is 5.69 Å². The Hall–Kier alpha value is -1.79. The van der Waals surface area contributed by atoms with E-state index in [1.165, 1.54) is 0 Å². The molecule has 0 atom stereocenters. The van der Waals surface area contributed by atoms with Gasteiger partial charge in [-0.3, -0.25) is 5.32 Å². The minimum absolute atomic E-state index is 0.326. The average molecular weight is 296 g/mol. The predicted molar refractivity (Wildman–Crippen MR) is 82.6 cm³/mol. The van der Waals surface area contributed by atoms with Crippen molar-refractivity contribution >= 4 is 17.5 Å². The lowest BCUT2D eigenvalue weighted by molar-refractivity contribution is -0.0914. The quantitative estimate of drug-likeness (QED) is 0.790. The summed E-state index contributed by atoms with van der Waals surface area (Å²) in [7, 11) is 3.16. The van der Waals surface area contributed by atoms with Crippen LogP contribution in [0, 0.1) is 0 Å². The summed E-state index contributed by atoms with van der Waals surface area (Å²) in [6.45, 7) is 5.96. The molecule has 118 valence electrons. The lowest BCUT2D eigenvalue weighted by Gasteiger charge is -2.20. The molecule has 0 saturated carbocycles. The third kappa shape index (κ3) is 6.97. The summed E-state index contributed by atoms with van der Waals surface area (Å²) in [5.74, 6) is 0. The van der Waals surface area contributed by atoms with E-state index in [1.807, 2.05) is 39.0 Å². The fourth-order valence-corrected chi connectivity index (χ4v) is 1.59. The first-order valence-electron chi connectivity index (χ1n) is 6.73. The Labute approximate surface area is 125 Å². The second-order valence-electron chi connectivity index (χ2n) is 5.49. The van der Waals surface area contributed by atoms with Gasteiger partial charge in [0, 0.05) is 25.6 Å². The summed E-state index contributed by atoms with van der Waals surface area (Å²) in [4.78, 5) is 11.7. The molecule has 1 amide bonds. The summed E-state index contributed by atoms with van der Waals surface area (Å²) in [6, 6.07) is 7.33. The Bertz CT molecular complexity index is 453. The normalized spacial score (nSPS) is 11.3. The van der Waals surface area contributed by atoms with Crippen molar-refractivity contribution in [3.05, 3.63) is 24.3 Å². The van der Waals surface area contributed by atoms with E-state index < -0.39 is 11.7 Å². The van der Waals surface area contributed by atoms with E-state index in [0.29, 0.717) is 12.2 Å². The van der Waals surface area contributed by atoms with Crippen LogP contribution >= 0.6 is 0 Å². The van der Waals surface area contributed by atoms with Crippen LogP contribution in [0.2, 0.25) is 0 Å². The highest BCUT2D eigenvalue weighted by Crippen LogP contribution is 2.16. The highest BCUT2D eigenvalue weighted by Gasteiger charge is 2.16. The zero-order chi connectivity index (χ0) is 15.9. The topological polar surface area (TPSA) is 68.8 Å². The third-order valence-electron chi connectivity index (χ3n) is 2.51. The zero-order valence-corrected chi connectivity index (χ0v) is 13.2. The van der Waals surface area contributed by atoms with E-state index in [2.05, 4.69) is 10.6 Å². The van der Waals surface area contributed by atoms with Crippen LogP contribution in [0.3, 0.4) is 0 Å². The van der Waals surface area contributed by atoms with Gasteiger partial charge in [-0.05, 0) is 39.0 Å². The number of methoxy groups -OCH3 is 2. The van der Waals surface area contributed by atoms with Gasteiger partial charge in [0.25, 0.3) is 0 Å². The van der Waals surface area contributed by atoms with Crippen molar-refractivity contribution in [1.82, 2.24) is 0 Å². The maximum Gasteiger partial charge on any atom is 0.412 e. The van der Waals surface area contributed by atoms with Crippen molar-refractivity contribution in [2.24, 2.45) is 0 Å². The molecule has 1 aromatic carbocycles. The van der Waals surface area contributed by atoms with Crippen LogP contribution in [0.25, 0.3) is 0 Å². The molecule has 1 aromatic rings. The SMILES string of the molecule is COC(CNc1cccc(NC(=O)OC(C)(C)C)c1)OC. The number of rotatable bonds is 6. The Morgan fingerprint density at radius 2 is 1.81 bits per heavy atom. The van der Waals surface area contributed by atoms with Gasteiger partial charge in [0.05, 0.1) is 6.54 Å². The molecular formula is C15H24N2O4. The van der Waals surface area contributed by atoms with Gasteiger partial charge in [0.1, 0.15) is 5.60 Å². The monoisotopic (exact) mass is 296 g/mol. The molecule has 0 saturated heterocycles. The highest BCUT2D eigenvalue weighted by atomic mass is 16.7. The maximum atomic E-state index is 11.7. The molecule has 0 unspecified atom stereocenters. The van der Waals surface area contributed by atoms with Gasteiger partial charge < -0.3 is 19.5 Å². The standard InChI is InChI=1S/C15H24N2O4/c1-15(2,3)21-14(18)17-12-8-6-7-11(9-12)16-10-13(19-4)20-5/h6-9,13,16H,10H2,1-5H3,(H,17,18). The van der Waals surface area contributed by atoms with Gasteiger partial charge in [-0.2, -0.15) is 0 Å². The molecule has 0 fully saturated rings. The van der Waals surface area contributed by atoms with Gasteiger partial charge in [0.2, 0.25) is 0 Å². The van der Waals surface area contributed by atoms with Gasteiger partial charge in [0.15, 0.2) is 6.29 Å². The first kappa shape index (κ1) is 17.3. The first-order valence-corrected chi connectivity index (χ1v) is 6.73. The fraction of sp³-hybridized carbons (Fsp3) is 0.533. The summed E-state index contributed by atoms with van der Waals surface area (Å²) in [6.07, 6.45) is -0.807. The Morgan fingerprint density at radius 1 is 1.19 bits per heavy atom. The van der Waals surface area contributed by atoms with E-state index in [1.54, 1.807) is 20.3 Å². The smallest absolute Gasteiger partial charge is 0.412 e. The molecule has 0 aliphatic heterocycles. The van der Waals surface area contributed by atoms with Crippen LogP contribution in [0.4, 0.5) is 16.2 Å². The molecule has 0 spiro atoms. The minimum atomic E-state index is -0.524. The van der Waals surface area contributed by atoms with Gasteiger partial charge >= 0.3 is 6.09 Å². The average Bonchev–Trinajstić information content (AvgIpc) is 2.38. The first-order chi connectivity index (χ1) is 9.84. The van der Waals surface area contributed by atoms with Crippen LogP contribution in [-0.2, 0) is 14.2 Å². The zero-order valence-electron chi connectivity index (χ0n) is 13.2. The van der Waals surface area contributed by atoms with Crippen molar-refractivity contribution in [1.29, 1.82) is 0 Å². The predicted octanol–water partition coefficient (Wildman–Crippen LogP) is 3.06.